The van der Waals surface area contributed by atoms with Crippen LogP contribution < -0.4 is 5.32 Å². The lowest BCUT2D eigenvalue weighted by Gasteiger charge is -1.94. The van der Waals surface area contributed by atoms with Gasteiger partial charge in [-0.3, -0.25) is 10.2 Å². The van der Waals surface area contributed by atoms with Gasteiger partial charge in [-0.25, -0.2) is 0 Å². The molecule has 0 spiro atoms. The summed E-state index contributed by atoms with van der Waals surface area (Å²) in [7, 11) is 1.79. The SMILES string of the molecule is CNc1[nH][nH]c(=S)c1N=Nc1ccccc1. The Kier molecular flexibility index (Phi) is 3.11. The van der Waals surface area contributed by atoms with Crippen molar-refractivity contribution in [2.75, 3.05) is 12.4 Å². The van der Waals surface area contributed by atoms with E-state index in [1.807, 2.05) is 30.3 Å². The highest BCUT2D eigenvalue weighted by Crippen LogP contribution is 2.25. The van der Waals surface area contributed by atoms with Crippen LogP contribution in [0.4, 0.5) is 17.2 Å². The van der Waals surface area contributed by atoms with E-state index in [0.717, 1.165) is 11.5 Å². The second-order valence-corrected chi connectivity index (χ2v) is 3.50. The number of rotatable bonds is 3. The van der Waals surface area contributed by atoms with E-state index in [1.165, 1.54) is 0 Å². The molecule has 6 heteroatoms. The molecule has 2 aromatic rings. The molecule has 0 amide bonds. The van der Waals surface area contributed by atoms with Gasteiger partial charge in [0.05, 0.1) is 5.69 Å². The van der Waals surface area contributed by atoms with Crippen LogP contribution in [-0.4, -0.2) is 17.2 Å². The minimum atomic E-state index is 0.532. The molecule has 5 nitrogen and oxygen atoms in total. The molecule has 16 heavy (non-hydrogen) atoms. The molecule has 0 saturated heterocycles. The van der Waals surface area contributed by atoms with Crippen molar-refractivity contribution in [3.8, 4) is 0 Å². The fraction of sp³-hybridized carbons (Fsp3) is 0.100. The van der Waals surface area contributed by atoms with E-state index in [2.05, 4.69) is 25.7 Å². The molecule has 0 atom stereocenters. The lowest BCUT2D eigenvalue weighted by atomic mass is 10.3. The third-order valence-electron chi connectivity index (χ3n) is 2.02. The van der Waals surface area contributed by atoms with Crippen molar-refractivity contribution in [3.63, 3.8) is 0 Å². The van der Waals surface area contributed by atoms with Gasteiger partial charge in [-0.05, 0) is 12.1 Å². The molecular formula is C10H11N5S. The minimum Gasteiger partial charge on any atom is -0.372 e. The summed E-state index contributed by atoms with van der Waals surface area (Å²) in [6.07, 6.45) is 0. The first kappa shape index (κ1) is 10.6. The van der Waals surface area contributed by atoms with Crippen molar-refractivity contribution < 1.29 is 0 Å². The van der Waals surface area contributed by atoms with Crippen LogP contribution in [0.5, 0.6) is 0 Å². The first-order chi connectivity index (χ1) is 7.81. The van der Waals surface area contributed by atoms with Gasteiger partial charge in [0, 0.05) is 7.05 Å². The van der Waals surface area contributed by atoms with Gasteiger partial charge in [-0.15, -0.1) is 5.11 Å². The molecule has 0 unspecified atom stereocenters. The number of aromatic nitrogens is 2. The highest BCUT2D eigenvalue weighted by atomic mass is 32.1. The summed E-state index contributed by atoms with van der Waals surface area (Å²) in [6.45, 7) is 0. The maximum Gasteiger partial charge on any atom is 0.163 e. The van der Waals surface area contributed by atoms with Crippen LogP contribution in [0.3, 0.4) is 0 Å². The molecule has 1 heterocycles. The maximum absolute atomic E-state index is 5.07. The average molecular weight is 233 g/mol. The Labute approximate surface area is 97.6 Å². The summed E-state index contributed by atoms with van der Waals surface area (Å²) >= 11 is 5.07. The van der Waals surface area contributed by atoms with Gasteiger partial charge in [0.1, 0.15) is 10.5 Å². The third kappa shape index (κ3) is 2.17. The smallest absolute Gasteiger partial charge is 0.163 e. The topological polar surface area (TPSA) is 68.3 Å². The number of azo groups is 1. The van der Waals surface area contributed by atoms with E-state index >= 15 is 0 Å². The van der Waals surface area contributed by atoms with E-state index in [0.29, 0.717) is 10.3 Å². The Balaban J connectivity index is 2.30. The zero-order valence-electron chi connectivity index (χ0n) is 8.69. The van der Waals surface area contributed by atoms with Gasteiger partial charge in [-0.2, -0.15) is 5.11 Å². The predicted octanol–water partition coefficient (Wildman–Crippen LogP) is 3.53. The van der Waals surface area contributed by atoms with E-state index in [1.54, 1.807) is 7.05 Å². The lowest BCUT2D eigenvalue weighted by Crippen LogP contribution is -1.87. The van der Waals surface area contributed by atoms with Gasteiger partial charge < -0.3 is 5.32 Å². The fourth-order valence-electron chi connectivity index (χ4n) is 1.23. The van der Waals surface area contributed by atoms with E-state index in [9.17, 15) is 0 Å². The van der Waals surface area contributed by atoms with E-state index in [4.69, 9.17) is 12.2 Å². The molecule has 0 aliphatic heterocycles. The van der Waals surface area contributed by atoms with Crippen molar-refractivity contribution in [1.29, 1.82) is 0 Å². The molecule has 1 aromatic heterocycles. The first-order valence-corrected chi connectivity index (χ1v) is 5.17. The maximum atomic E-state index is 5.07. The summed E-state index contributed by atoms with van der Waals surface area (Å²) in [5.74, 6) is 0.727. The van der Waals surface area contributed by atoms with Crippen molar-refractivity contribution in [2.24, 2.45) is 10.2 Å². The van der Waals surface area contributed by atoms with Crippen LogP contribution in [0.25, 0.3) is 0 Å². The number of nitrogens with zero attached hydrogens (tertiary/aromatic N) is 2. The van der Waals surface area contributed by atoms with E-state index < -0.39 is 0 Å². The highest BCUT2D eigenvalue weighted by molar-refractivity contribution is 7.71. The van der Waals surface area contributed by atoms with Gasteiger partial charge in [0.25, 0.3) is 0 Å². The summed E-state index contributed by atoms with van der Waals surface area (Å²) < 4.78 is 0.532. The molecule has 0 aliphatic rings. The number of nitrogens with one attached hydrogen (secondary N) is 3. The van der Waals surface area contributed by atoms with Crippen LogP contribution in [0, 0.1) is 4.64 Å². The molecular weight excluding hydrogens is 222 g/mol. The van der Waals surface area contributed by atoms with Gasteiger partial charge in [0.2, 0.25) is 0 Å². The second-order valence-electron chi connectivity index (χ2n) is 3.09. The largest absolute Gasteiger partial charge is 0.372 e. The molecule has 0 bridgehead atoms. The minimum absolute atomic E-state index is 0.532. The fourth-order valence-corrected chi connectivity index (χ4v) is 1.42. The van der Waals surface area contributed by atoms with Crippen molar-refractivity contribution >= 4 is 29.4 Å². The molecule has 0 saturated carbocycles. The zero-order chi connectivity index (χ0) is 11.4. The zero-order valence-corrected chi connectivity index (χ0v) is 9.51. The monoisotopic (exact) mass is 233 g/mol. The molecule has 0 fully saturated rings. The van der Waals surface area contributed by atoms with Gasteiger partial charge in [-0.1, -0.05) is 30.4 Å². The van der Waals surface area contributed by atoms with Crippen LogP contribution in [0.1, 0.15) is 0 Å². The Morgan fingerprint density at radius 1 is 1.12 bits per heavy atom. The van der Waals surface area contributed by atoms with Crippen LogP contribution in [-0.2, 0) is 0 Å². The summed E-state index contributed by atoms with van der Waals surface area (Å²) in [4.78, 5) is 0. The standard InChI is InChI=1S/C10H11N5S/c1-11-9-8(10(16)15-14-9)13-12-7-5-3-2-4-6-7/h2-6H,1H3,(H3,11,14,15,16). The van der Waals surface area contributed by atoms with Crippen LogP contribution >= 0.6 is 12.2 Å². The van der Waals surface area contributed by atoms with Crippen LogP contribution in [0.2, 0.25) is 0 Å². The summed E-state index contributed by atoms with van der Waals surface area (Å²) in [6, 6.07) is 9.50. The average Bonchev–Trinajstić information content (AvgIpc) is 2.69. The molecule has 82 valence electrons. The van der Waals surface area contributed by atoms with Crippen LogP contribution in [0.15, 0.2) is 40.6 Å². The highest BCUT2D eigenvalue weighted by Gasteiger charge is 2.03. The predicted molar refractivity (Wildman–Crippen MR) is 66.1 cm³/mol. The van der Waals surface area contributed by atoms with Crippen molar-refractivity contribution in [3.05, 3.63) is 35.0 Å². The molecule has 0 aliphatic carbocycles. The number of aromatic amines is 2. The van der Waals surface area contributed by atoms with E-state index in [-0.39, 0.29) is 0 Å². The summed E-state index contributed by atoms with van der Waals surface area (Å²) in [5, 5.41) is 16.8. The first-order valence-electron chi connectivity index (χ1n) is 4.76. The Bertz CT molecular complexity index is 540. The molecule has 0 radical (unpaired) electrons. The number of benzene rings is 1. The molecule has 3 N–H and O–H groups in total. The van der Waals surface area contributed by atoms with Crippen molar-refractivity contribution in [1.82, 2.24) is 10.2 Å². The Morgan fingerprint density at radius 3 is 2.56 bits per heavy atom. The normalized spacial score (nSPS) is 10.8. The van der Waals surface area contributed by atoms with Gasteiger partial charge in [0.15, 0.2) is 5.69 Å². The molecule has 2 rings (SSSR count). The third-order valence-corrected chi connectivity index (χ3v) is 2.32. The van der Waals surface area contributed by atoms with Crippen molar-refractivity contribution in [2.45, 2.75) is 0 Å². The number of anilines is 1. The number of hydrogen-bond donors (Lipinski definition) is 3. The number of hydrogen-bond acceptors (Lipinski definition) is 4. The Hall–Kier alpha value is -1.95. The molecule has 1 aromatic carbocycles. The quantitative estimate of drug-likeness (QED) is 0.560. The van der Waals surface area contributed by atoms with Gasteiger partial charge >= 0.3 is 0 Å². The lowest BCUT2D eigenvalue weighted by molar-refractivity contribution is 1.08. The summed E-state index contributed by atoms with van der Waals surface area (Å²) in [5.41, 5.74) is 1.40. The second kappa shape index (κ2) is 4.71. The number of H-pyrrole nitrogens is 2. The Morgan fingerprint density at radius 2 is 1.88 bits per heavy atom.